The summed E-state index contributed by atoms with van der Waals surface area (Å²) in [5.74, 6) is -0.171. The van der Waals surface area contributed by atoms with E-state index in [0.29, 0.717) is 12.1 Å². The minimum absolute atomic E-state index is 0.0126. The largest absolute Gasteiger partial charge is 0.376 e. The maximum Gasteiger partial charge on any atom is 0.252 e. The molecule has 1 fully saturated rings. The minimum Gasteiger partial charge on any atom is -0.376 e. The van der Waals surface area contributed by atoms with Gasteiger partial charge in [-0.05, 0) is 44.7 Å². The first kappa shape index (κ1) is 18.4. The fraction of sp³-hybridized carbons (Fsp3) is 0.429. The molecular formula is C21H26N2O3. The summed E-state index contributed by atoms with van der Waals surface area (Å²) in [4.78, 5) is 26.0. The quantitative estimate of drug-likeness (QED) is 0.867. The van der Waals surface area contributed by atoms with Crippen LogP contribution in [-0.4, -0.2) is 29.6 Å². The van der Waals surface area contributed by atoms with Gasteiger partial charge in [-0.1, -0.05) is 30.3 Å². The van der Waals surface area contributed by atoms with E-state index in [0.717, 1.165) is 25.9 Å². The van der Waals surface area contributed by atoms with Crippen LogP contribution in [0.4, 0.5) is 0 Å². The van der Waals surface area contributed by atoms with E-state index in [2.05, 4.69) is 48.4 Å². The van der Waals surface area contributed by atoms with Crippen LogP contribution in [0.25, 0.3) is 0 Å². The van der Waals surface area contributed by atoms with Gasteiger partial charge >= 0.3 is 0 Å². The van der Waals surface area contributed by atoms with Crippen molar-refractivity contribution >= 4 is 5.91 Å². The van der Waals surface area contributed by atoms with Gasteiger partial charge in [0.25, 0.3) is 5.91 Å². The highest BCUT2D eigenvalue weighted by atomic mass is 16.5. The van der Waals surface area contributed by atoms with Crippen LogP contribution >= 0.6 is 0 Å². The van der Waals surface area contributed by atoms with Crippen LogP contribution in [0.15, 0.2) is 53.5 Å². The Morgan fingerprint density at radius 2 is 1.96 bits per heavy atom. The van der Waals surface area contributed by atoms with E-state index >= 15 is 0 Å². The smallest absolute Gasteiger partial charge is 0.252 e. The lowest BCUT2D eigenvalue weighted by Gasteiger charge is -2.45. The first-order valence-corrected chi connectivity index (χ1v) is 9.07. The third kappa shape index (κ3) is 4.22. The molecule has 1 aliphatic rings. The molecule has 1 aromatic heterocycles. The maximum atomic E-state index is 12.3. The van der Waals surface area contributed by atoms with E-state index in [1.165, 1.54) is 17.8 Å². The van der Waals surface area contributed by atoms with Gasteiger partial charge < -0.3 is 15.0 Å². The zero-order valence-electron chi connectivity index (χ0n) is 15.4. The van der Waals surface area contributed by atoms with E-state index in [1.807, 2.05) is 6.07 Å². The molecule has 2 aromatic rings. The van der Waals surface area contributed by atoms with Crippen molar-refractivity contribution < 1.29 is 9.53 Å². The van der Waals surface area contributed by atoms with Crippen LogP contribution in [0.1, 0.15) is 49.0 Å². The van der Waals surface area contributed by atoms with Crippen molar-refractivity contribution in [3.8, 4) is 0 Å². The summed E-state index contributed by atoms with van der Waals surface area (Å²) in [5, 5.41) is 2.99. The van der Waals surface area contributed by atoms with E-state index in [-0.39, 0.29) is 22.5 Å². The Bertz CT molecular complexity index is 793. The third-order valence-corrected chi connectivity index (χ3v) is 5.16. The van der Waals surface area contributed by atoms with E-state index < -0.39 is 0 Å². The van der Waals surface area contributed by atoms with Crippen molar-refractivity contribution in [3.05, 3.63) is 70.1 Å². The molecule has 0 radical (unpaired) electrons. The van der Waals surface area contributed by atoms with Gasteiger partial charge in [-0.2, -0.15) is 0 Å². The number of benzene rings is 1. The highest BCUT2D eigenvalue weighted by Crippen LogP contribution is 2.43. The first-order chi connectivity index (χ1) is 12.4. The van der Waals surface area contributed by atoms with Gasteiger partial charge in [0.15, 0.2) is 0 Å². The molecule has 138 valence electrons. The molecule has 2 N–H and O–H groups in total. The summed E-state index contributed by atoms with van der Waals surface area (Å²) < 4.78 is 5.93. The standard InChI is InChI=1S/C21H26N2O3/c1-20(2)15-21(11-13-26-20,17-6-4-3-5-7-17)10-12-22-19(25)16-8-9-18(24)23-14-16/h3-9,14H,10-13,15H2,1-2H3,(H,22,25)(H,23,24)/t21-/m1/s1. The molecule has 2 heterocycles. The van der Waals surface area contributed by atoms with Crippen LogP contribution in [0.2, 0.25) is 0 Å². The number of H-pyrrole nitrogens is 1. The molecule has 0 unspecified atom stereocenters. The monoisotopic (exact) mass is 354 g/mol. The van der Waals surface area contributed by atoms with Crippen LogP contribution < -0.4 is 10.9 Å². The van der Waals surface area contributed by atoms with Gasteiger partial charge in [-0.15, -0.1) is 0 Å². The van der Waals surface area contributed by atoms with Crippen molar-refractivity contribution in [2.45, 2.75) is 44.1 Å². The molecule has 0 saturated carbocycles. The number of carbonyl (C=O) groups excluding carboxylic acids is 1. The van der Waals surface area contributed by atoms with Crippen LogP contribution in [-0.2, 0) is 10.2 Å². The Balaban J connectivity index is 1.72. The molecular weight excluding hydrogens is 328 g/mol. The number of pyridine rings is 1. The SMILES string of the molecule is CC1(C)C[C@](CCNC(=O)c2ccc(=O)[nH]c2)(c2ccccc2)CCO1. The fourth-order valence-corrected chi connectivity index (χ4v) is 3.94. The number of aromatic amines is 1. The molecule has 26 heavy (non-hydrogen) atoms. The van der Waals surface area contributed by atoms with Crippen LogP contribution in [0, 0.1) is 0 Å². The Morgan fingerprint density at radius 3 is 2.62 bits per heavy atom. The normalized spacial score (nSPS) is 21.9. The second-order valence-electron chi connectivity index (χ2n) is 7.63. The van der Waals surface area contributed by atoms with E-state index in [4.69, 9.17) is 4.74 Å². The van der Waals surface area contributed by atoms with Crippen molar-refractivity contribution in [2.24, 2.45) is 0 Å². The van der Waals surface area contributed by atoms with Crippen molar-refractivity contribution in [3.63, 3.8) is 0 Å². The zero-order chi connectivity index (χ0) is 18.6. The molecule has 1 atom stereocenters. The maximum absolute atomic E-state index is 12.3. The highest BCUT2D eigenvalue weighted by molar-refractivity contribution is 5.93. The van der Waals surface area contributed by atoms with Gasteiger partial charge in [0.05, 0.1) is 11.2 Å². The number of aromatic nitrogens is 1. The van der Waals surface area contributed by atoms with Crippen molar-refractivity contribution in [2.75, 3.05) is 13.2 Å². The van der Waals surface area contributed by atoms with E-state index in [9.17, 15) is 9.59 Å². The summed E-state index contributed by atoms with van der Waals surface area (Å²) in [5.41, 5.74) is 1.35. The number of rotatable bonds is 5. The van der Waals surface area contributed by atoms with Gasteiger partial charge in [0, 0.05) is 30.8 Å². The minimum atomic E-state index is -0.214. The van der Waals surface area contributed by atoms with Crippen LogP contribution in [0.5, 0.6) is 0 Å². The number of ether oxygens (including phenoxy) is 1. The summed E-state index contributed by atoms with van der Waals surface area (Å²) >= 11 is 0. The zero-order valence-corrected chi connectivity index (χ0v) is 15.4. The topological polar surface area (TPSA) is 71.2 Å². The Kier molecular flexibility index (Phi) is 5.28. The number of carbonyl (C=O) groups is 1. The fourth-order valence-electron chi connectivity index (χ4n) is 3.94. The number of hydrogen-bond acceptors (Lipinski definition) is 3. The van der Waals surface area contributed by atoms with Crippen molar-refractivity contribution in [1.82, 2.24) is 10.3 Å². The molecule has 1 aliphatic heterocycles. The van der Waals surface area contributed by atoms with Gasteiger partial charge in [-0.25, -0.2) is 0 Å². The van der Waals surface area contributed by atoms with Crippen LogP contribution in [0.3, 0.4) is 0 Å². The molecule has 1 amide bonds. The van der Waals surface area contributed by atoms with E-state index in [1.54, 1.807) is 6.07 Å². The molecule has 0 aliphatic carbocycles. The Labute approximate surface area is 153 Å². The highest BCUT2D eigenvalue weighted by Gasteiger charge is 2.41. The van der Waals surface area contributed by atoms with Gasteiger partial charge in [0.1, 0.15) is 0 Å². The Morgan fingerprint density at radius 1 is 1.19 bits per heavy atom. The van der Waals surface area contributed by atoms with Gasteiger partial charge in [-0.3, -0.25) is 9.59 Å². The average Bonchev–Trinajstić information content (AvgIpc) is 2.62. The summed E-state index contributed by atoms with van der Waals surface area (Å²) in [6.45, 7) is 5.55. The number of amides is 1. The summed E-state index contributed by atoms with van der Waals surface area (Å²) in [7, 11) is 0. The average molecular weight is 354 g/mol. The lowest BCUT2D eigenvalue weighted by molar-refractivity contribution is -0.0838. The molecule has 5 heteroatoms. The second-order valence-corrected chi connectivity index (χ2v) is 7.63. The second kappa shape index (κ2) is 7.46. The van der Waals surface area contributed by atoms with Crippen molar-refractivity contribution in [1.29, 1.82) is 0 Å². The third-order valence-electron chi connectivity index (χ3n) is 5.16. The Hall–Kier alpha value is -2.40. The summed E-state index contributed by atoms with van der Waals surface area (Å²) in [6.07, 6.45) is 4.15. The molecule has 0 spiro atoms. The van der Waals surface area contributed by atoms with Gasteiger partial charge in [0.2, 0.25) is 5.56 Å². The molecule has 0 bridgehead atoms. The molecule has 1 saturated heterocycles. The predicted octanol–water partition coefficient (Wildman–Crippen LogP) is 3.02. The molecule has 3 rings (SSSR count). The molecule has 5 nitrogen and oxygen atoms in total. The lowest BCUT2D eigenvalue weighted by Crippen LogP contribution is -2.45. The number of nitrogens with one attached hydrogen (secondary N) is 2. The summed E-state index contributed by atoms with van der Waals surface area (Å²) in [6, 6.07) is 13.4. The molecule has 1 aromatic carbocycles. The first-order valence-electron chi connectivity index (χ1n) is 9.07. The number of hydrogen-bond donors (Lipinski definition) is 2. The lowest BCUT2D eigenvalue weighted by atomic mass is 9.67. The predicted molar refractivity (Wildman–Crippen MR) is 101 cm³/mol.